The zero-order chi connectivity index (χ0) is 21.6. The molecule has 0 aliphatic heterocycles. The molecule has 31 heavy (non-hydrogen) atoms. The highest BCUT2D eigenvalue weighted by molar-refractivity contribution is 6.06. The largest absolute Gasteiger partial charge is 0.452 e. The first-order valence-electron chi connectivity index (χ1n) is 10.1. The molecule has 4 aromatic rings. The number of pyridine rings is 1. The van der Waals surface area contributed by atoms with Gasteiger partial charge in [-0.2, -0.15) is 0 Å². The number of esters is 1. The average Bonchev–Trinajstić information content (AvgIpc) is 2.82. The molecule has 0 saturated carbocycles. The Bertz CT molecular complexity index is 1220. The Hall–Kier alpha value is -3.99. The molecule has 0 aliphatic carbocycles. The summed E-state index contributed by atoms with van der Waals surface area (Å²) in [6.07, 6.45) is 0. The van der Waals surface area contributed by atoms with Crippen LogP contribution in [0.15, 0.2) is 84.9 Å². The molecule has 0 fully saturated rings. The monoisotopic (exact) mass is 410 g/mol. The maximum Gasteiger partial charge on any atom is 0.339 e. The number of hydrogen-bond donors (Lipinski definition) is 1. The fourth-order valence-corrected chi connectivity index (χ4v) is 3.50. The lowest BCUT2D eigenvalue weighted by Gasteiger charge is -2.14. The molecule has 0 saturated heterocycles. The molecule has 0 radical (unpaired) electrons. The average molecular weight is 410 g/mol. The minimum absolute atomic E-state index is 0.345. The Labute approximate surface area is 180 Å². The minimum Gasteiger partial charge on any atom is -0.452 e. The smallest absolute Gasteiger partial charge is 0.339 e. The molecule has 0 spiro atoms. The van der Waals surface area contributed by atoms with Crippen LogP contribution in [0.2, 0.25) is 0 Å². The van der Waals surface area contributed by atoms with Crippen molar-refractivity contribution in [1.29, 1.82) is 0 Å². The van der Waals surface area contributed by atoms with Crippen molar-refractivity contribution in [3.63, 3.8) is 0 Å². The van der Waals surface area contributed by atoms with E-state index in [9.17, 15) is 9.59 Å². The maximum absolute atomic E-state index is 13.0. The molecule has 0 bridgehead atoms. The third-order valence-corrected chi connectivity index (χ3v) is 5.05. The number of amides is 1. The lowest BCUT2D eigenvalue weighted by molar-refractivity contribution is -0.124. The summed E-state index contributed by atoms with van der Waals surface area (Å²) >= 11 is 0. The van der Waals surface area contributed by atoms with E-state index >= 15 is 0 Å². The van der Waals surface area contributed by atoms with Crippen molar-refractivity contribution in [2.75, 3.05) is 6.61 Å². The minimum atomic E-state index is -0.539. The standard InChI is InChI=1S/C26H22N2O3/c1-18-24(26(30)31-17-23(29)27-16-19-10-4-2-5-11-19)21-14-8-9-15-22(21)28-25(18)20-12-6-3-7-13-20/h2-15H,16-17H2,1H3,(H,27,29). The van der Waals surface area contributed by atoms with Gasteiger partial charge in [0.15, 0.2) is 6.61 Å². The van der Waals surface area contributed by atoms with E-state index in [0.29, 0.717) is 23.0 Å². The second kappa shape index (κ2) is 9.22. The number of para-hydroxylation sites is 1. The topological polar surface area (TPSA) is 68.3 Å². The number of benzene rings is 3. The zero-order valence-electron chi connectivity index (χ0n) is 17.2. The molecule has 5 heteroatoms. The van der Waals surface area contributed by atoms with E-state index in [2.05, 4.69) is 5.32 Å². The van der Waals surface area contributed by atoms with Crippen molar-refractivity contribution >= 4 is 22.8 Å². The highest BCUT2D eigenvalue weighted by Gasteiger charge is 2.20. The summed E-state index contributed by atoms with van der Waals surface area (Å²) in [6, 6.07) is 26.7. The van der Waals surface area contributed by atoms with Gasteiger partial charge < -0.3 is 10.1 Å². The quantitative estimate of drug-likeness (QED) is 0.469. The van der Waals surface area contributed by atoms with Gasteiger partial charge in [-0.15, -0.1) is 0 Å². The van der Waals surface area contributed by atoms with E-state index in [-0.39, 0.29) is 12.5 Å². The molecule has 5 nitrogen and oxygen atoms in total. The van der Waals surface area contributed by atoms with Crippen LogP contribution >= 0.6 is 0 Å². The Kier molecular flexibility index (Phi) is 6.03. The second-order valence-corrected chi connectivity index (χ2v) is 7.18. The van der Waals surface area contributed by atoms with Crippen molar-refractivity contribution in [3.05, 3.63) is 102 Å². The zero-order valence-corrected chi connectivity index (χ0v) is 17.2. The van der Waals surface area contributed by atoms with Gasteiger partial charge in [0.05, 0.1) is 16.8 Å². The Balaban J connectivity index is 1.56. The molecule has 1 aromatic heterocycles. The maximum atomic E-state index is 13.0. The lowest BCUT2D eigenvalue weighted by Crippen LogP contribution is -2.28. The number of carbonyl (C=O) groups excluding carboxylic acids is 2. The molecular weight excluding hydrogens is 388 g/mol. The normalized spacial score (nSPS) is 10.6. The number of nitrogens with zero attached hydrogens (tertiary/aromatic N) is 1. The van der Waals surface area contributed by atoms with Crippen LogP contribution in [-0.2, 0) is 16.1 Å². The number of fused-ring (bicyclic) bond motifs is 1. The van der Waals surface area contributed by atoms with Crippen LogP contribution in [0.4, 0.5) is 0 Å². The molecule has 0 atom stereocenters. The van der Waals surface area contributed by atoms with Gasteiger partial charge in [-0.1, -0.05) is 78.9 Å². The van der Waals surface area contributed by atoms with Crippen molar-refractivity contribution in [1.82, 2.24) is 10.3 Å². The number of rotatable bonds is 6. The van der Waals surface area contributed by atoms with Gasteiger partial charge in [0.2, 0.25) is 0 Å². The highest BCUT2D eigenvalue weighted by atomic mass is 16.5. The van der Waals surface area contributed by atoms with Crippen LogP contribution in [-0.4, -0.2) is 23.5 Å². The van der Waals surface area contributed by atoms with Crippen molar-refractivity contribution in [2.45, 2.75) is 13.5 Å². The van der Waals surface area contributed by atoms with E-state index in [4.69, 9.17) is 9.72 Å². The van der Waals surface area contributed by atoms with Gasteiger partial charge in [-0.25, -0.2) is 9.78 Å². The third kappa shape index (κ3) is 4.61. The molecule has 0 aliphatic rings. The molecule has 3 aromatic carbocycles. The van der Waals surface area contributed by atoms with Crippen molar-refractivity contribution in [2.24, 2.45) is 0 Å². The predicted octanol–water partition coefficient (Wildman–Crippen LogP) is 4.68. The summed E-state index contributed by atoms with van der Waals surface area (Å²) in [4.78, 5) is 30.0. The van der Waals surface area contributed by atoms with Crippen LogP contribution in [0.1, 0.15) is 21.5 Å². The summed E-state index contributed by atoms with van der Waals surface area (Å²) < 4.78 is 5.38. The van der Waals surface area contributed by atoms with Gasteiger partial charge in [0.1, 0.15) is 0 Å². The highest BCUT2D eigenvalue weighted by Crippen LogP contribution is 2.30. The molecule has 4 rings (SSSR count). The van der Waals surface area contributed by atoms with Crippen LogP contribution in [0.3, 0.4) is 0 Å². The molecular formula is C26H22N2O3. The first-order valence-corrected chi connectivity index (χ1v) is 10.1. The van der Waals surface area contributed by atoms with Crippen LogP contribution in [0, 0.1) is 6.92 Å². The van der Waals surface area contributed by atoms with Crippen molar-refractivity contribution in [3.8, 4) is 11.3 Å². The predicted molar refractivity (Wildman–Crippen MR) is 120 cm³/mol. The fourth-order valence-electron chi connectivity index (χ4n) is 3.50. The van der Waals surface area contributed by atoms with Crippen LogP contribution < -0.4 is 5.32 Å². The Morgan fingerprint density at radius 2 is 1.52 bits per heavy atom. The number of ether oxygens (including phenoxy) is 1. The molecule has 1 heterocycles. The summed E-state index contributed by atoms with van der Waals surface area (Å²) in [5, 5.41) is 3.47. The fraction of sp³-hybridized carbons (Fsp3) is 0.115. The molecule has 154 valence electrons. The van der Waals surface area contributed by atoms with E-state index in [1.807, 2.05) is 91.9 Å². The summed E-state index contributed by atoms with van der Waals surface area (Å²) in [6.45, 7) is 1.89. The van der Waals surface area contributed by atoms with E-state index in [1.54, 1.807) is 0 Å². The van der Waals surface area contributed by atoms with Crippen molar-refractivity contribution < 1.29 is 14.3 Å². The van der Waals surface area contributed by atoms with E-state index < -0.39 is 5.97 Å². The van der Waals surface area contributed by atoms with Gasteiger partial charge in [0, 0.05) is 17.5 Å². The van der Waals surface area contributed by atoms with Gasteiger partial charge in [-0.05, 0) is 24.1 Å². The number of carbonyl (C=O) groups is 2. The van der Waals surface area contributed by atoms with E-state index in [0.717, 1.165) is 22.4 Å². The molecule has 1 N–H and O–H groups in total. The number of nitrogens with one attached hydrogen (secondary N) is 1. The summed E-state index contributed by atoms with van der Waals surface area (Å²) in [5.74, 6) is -0.889. The lowest BCUT2D eigenvalue weighted by atomic mass is 9.98. The second-order valence-electron chi connectivity index (χ2n) is 7.18. The van der Waals surface area contributed by atoms with Gasteiger partial charge >= 0.3 is 5.97 Å². The first kappa shape index (κ1) is 20.3. The summed E-state index contributed by atoms with van der Waals surface area (Å²) in [5.41, 5.74) is 4.47. The van der Waals surface area contributed by atoms with E-state index in [1.165, 1.54) is 0 Å². The number of hydrogen-bond acceptors (Lipinski definition) is 4. The Morgan fingerprint density at radius 3 is 2.26 bits per heavy atom. The third-order valence-electron chi connectivity index (χ3n) is 5.05. The SMILES string of the molecule is Cc1c(-c2ccccc2)nc2ccccc2c1C(=O)OCC(=O)NCc1ccccc1. The Morgan fingerprint density at radius 1 is 0.871 bits per heavy atom. The summed E-state index contributed by atoms with van der Waals surface area (Å²) in [7, 11) is 0. The molecule has 1 amide bonds. The van der Waals surface area contributed by atoms with Crippen LogP contribution in [0.25, 0.3) is 22.2 Å². The molecule has 0 unspecified atom stereocenters. The van der Waals surface area contributed by atoms with Gasteiger partial charge in [-0.3, -0.25) is 4.79 Å². The van der Waals surface area contributed by atoms with Gasteiger partial charge in [0.25, 0.3) is 5.91 Å². The van der Waals surface area contributed by atoms with Crippen LogP contribution in [0.5, 0.6) is 0 Å². The number of aromatic nitrogens is 1. The first-order chi connectivity index (χ1) is 15.1.